The fourth-order valence-corrected chi connectivity index (χ4v) is 4.73. The third kappa shape index (κ3) is 3.55. The molecule has 1 N–H and O–H groups in total. The molecule has 6 heteroatoms. The van der Waals surface area contributed by atoms with Crippen LogP contribution in [0.15, 0.2) is 29.6 Å². The molecule has 0 saturated carbocycles. The number of aryl methyl sites for hydroxylation is 4. The van der Waals surface area contributed by atoms with Gasteiger partial charge in [-0.25, -0.2) is 9.97 Å². The highest BCUT2D eigenvalue weighted by molar-refractivity contribution is 8.00. The number of amides is 1. The van der Waals surface area contributed by atoms with Gasteiger partial charge in [-0.3, -0.25) is 4.79 Å². The molecule has 1 amide bonds. The molecule has 4 nitrogen and oxygen atoms in total. The standard InChI is InChI=1S/C19H21N3OS2/c1-10-7-6-8-11(2)16(10)22-17(23)14(5)25-19-15-12(3)13(4)24-18(15)20-9-21-19/h6-9,14H,1-5H3,(H,22,23)/t14-/m1/s1. The average molecular weight is 372 g/mol. The second kappa shape index (κ2) is 7.14. The maximum atomic E-state index is 12.7. The van der Waals surface area contributed by atoms with Crippen LogP contribution in [0.4, 0.5) is 5.69 Å². The zero-order chi connectivity index (χ0) is 18.1. The van der Waals surface area contributed by atoms with Crippen LogP contribution in [0.25, 0.3) is 10.2 Å². The van der Waals surface area contributed by atoms with Crippen molar-refractivity contribution in [1.82, 2.24) is 9.97 Å². The van der Waals surface area contributed by atoms with Crippen molar-refractivity contribution in [3.05, 3.63) is 46.1 Å². The van der Waals surface area contributed by atoms with Crippen LogP contribution in [0.1, 0.15) is 28.5 Å². The van der Waals surface area contributed by atoms with E-state index in [9.17, 15) is 4.79 Å². The molecule has 3 rings (SSSR count). The first-order valence-electron chi connectivity index (χ1n) is 8.13. The first-order valence-corrected chi connectivity index (χ1v) is 9.82. The van der Waals surface area contributed by atoms with Crippen molar-refractivity contribution >= 4 is 44.9 Å². The van der Waals surface area contributed by atoms with E-state index >= 15 is 0 Å². The van der Waals surface area contributed by atoms with Gasteiger partial charge in [0.25, 0.3) is 0 Å². The van der Waals surface area contributed by atoms with E-state index in [1.165, 1.54) is 22.2 Å². The molecule has 2 heterocycles. The molecule has 0 saturated heterocycles. The first-order chi connectivity index (χ1) is 11.9. The number of rotatable bonds is 4. The lowest BCUT2D eigenvalue weighted by Crippen LogP contribution is -2.23. The Morgan fingerprint density at radius 1 is 1.16 bits per heavy atom. The van der Waals surface area contributed by atoms with Crippen LogP contribution in [0.3, 0.4) is 0 Å². The number of anilines is 1. The maximum absolute atomic E-state index is 12.7. The molecular weight excluding hydrogens is 350 g/mol. The van der Waals surface area contributed by atoms with E-state index in [4.69, 9.17) is 0 Å². The summed E-state index contributed by atoms with van der Waals surface area (Å²) in [5, 5.41) is 4.76. The van der Waals surface area contributed by atoms with Crippen LogP contribution < -0.4 is 5.32 Å². The highest BCUT2D eigenvalue weighted by atomic mass is 32.2. The van der Waals surface area contributed by atoms with Crippen LogP contribution in [-0.2, 0) is 4.79 Å². The first kappa shape index (κ1) is 17.9. The van der Waals surface area contributed by atoms with Crippen molar-refractivity contribution in [2.45, 2.75) is 44.9 Å². The third-order valence-corrected chi connectivity index (χ3v) is 6.53. The summed E-state index contributed by atoms with van der Waals surface area (Å²) in [4.78, 5) is 23.7. The van der Waals surface area contributed by atoms with E-state index < -0.39 is 0 Å². The fourth-order valence-electron chi connectivity index (χ4n) is 2.70. The number of hydrogen-bond donors (Lipinski definition) is 1. The minimum Gasteiger partial charge on any atom is -0.325 e. The molecule has 25 heavy (non-hydrogen) atoms. The lowest BCUT2D eigenvalue weighted by Gasteiger charge is -2.15. The van der Waals surface area contributed by atoms with Gasteiger partial charge >= 0.3 is 0 Å². The van der Waals surface area contributed by atoms with E-state index in [1.54, 1.807) is 17.7 Å². The number of carbonyl (C=O) groups excluding carboxylic acids is 1. The average Bonchev–Trinajstić information content (AvgIpc) is 2.86. The van der Waals surface area contributed by atoms with Gasteiger partial charge in [0.1, 0.15) is 16.2 Å². The fraction of sp³-hybridized carbons (Fsp3) is 0.316. The minimum atomic E-state index is -0.253. The van der Waals surface area contributed by atoms with E-state index in [-0.39, 0.29) is 11.2 Å². The predicted molar refractivity (Wildman–Crippen MR) is 107 cm³/mol. The van der Waals surface area contributed by atoms with Gasteiger partial charge in [-0.2, -0.15) is 0 Å². The number of nitrogens with one attached hydrogen (secondary N) is 1. The van der Waals surface area contributed by atoms with Gasteiger partial charge in [0.05, 0.1) is 5.25 Å². The smallest absolute Gasteiger partial charge is 0.237 e. The van der Waals surface area contributed by atoms with Crippen molar-refractivity contribution in [2.75, 3.05) is 5.32 Å². The van der Waals surface area contributed by atoms with Crippen molar-refractivity contribution in [3.8, 4) is 0 Å². The van der Waals surface area contributed by atoms with Crippen molar-refractivity contribution in [3.63, 3.8) is 0 Å². The van der Waals surface area contributed by atoms with Crippen LogP contribution in [0.2, 0.25) is 0 Å². The summed E-state index contributed by atoms with van der Waals surface area (Å²) < 4.78 is 0. The molecular formula is C19H21N3OS2. The number of benzene rings is 1. The molecule has 3 aromatic rings. The molecule has 2 aromatic heterocycles. The van der Waals surface area contributed by atoms with E-state index in [0.717, 1.165) is 32.1 Å². The molecule has 0 aliphatic carbocycles. The van der Waals surface area contributed by atoms with Gasteiger partial charge in [0.2, 0.25) is 5.91 Å². The van der Waals surface area contributed by atoms with E-state index in [2.05, 4.69) is 29.1 Å². The normalized spacial score (nSPS) is 12.4. The predicted octanol–water partition coefficient (Wildman–Crippen LogP) is 5.04. The number of thioether (sulfide) groups is 1. The maximum Gasteiger partial charge on any atom is 0.237 e. The summed E-state index contributed by atoms with van der Waals surface area (Å²) in [7, 11) is 0. The summed E-state index contributed by atoms with van der Waals surface area (Å²) >= 11 is 3.15. The zero-order valence-electron chi connectivity index (χ0n) is 15.0. The second-order valence-corrected chi connectivity index (χ2v) is 8.69. The Morgan fingerprint density at radius 3 is 2.52 bits per heavy atom. The molecule has 0 unspecified atom stereocenters. The van der Waals surface area contributed by atoms with Crippen molar-refractivity contribution in [1.29, 1.82) is 0 Å². The third-order valence-electron chi connectivity index (χ3n) is 4.32. The monoisotopic (exact) mass is 371 g/mol. The van der Waals surface area contributed by atoms with Crippen LogP contribution in [0, 0.1) is 27.7 Å². The van der Waals surface area contributed by atoms with Gasteiger partial charge < -0.3 is 5.32 Å². The molecule has 0 aliphatic rings. The summed E-state index contributed by atoms with van der Waals surface area (Å²) in [6.45, 7) is 10.1. The zero-order valence-corrected chi connectivity index (χ0v) is 16.6. The summed E-state index contributed by atoms with van der Waals surface area (Å²) in [5.41, 5.74) is 4.24. The molecule has 1 atom stereocenters. The second-order valence-electron chi connectivity index (χ2n) is 6.16. The van der Waals surface area contributed by atoms with Crippen LogP contribution in [0.5, 0.6) is 0 Å². The Hall–Kier alpha value is -1.92. The van der Waals surface area contributed by atoms with Gasteiger partial charge in [-0.05, 0) is 51.3 Å². The number of nitrogens with zero attached hydrogens (tertiary/aromatic N) is 2. The Morgan fingerprint density at radius 2 is 1.84 bits per heavy atom. The minimum absolute atomic E-state index is 0.0150. The summed E-state index contributed by atoms with van der Waals surface area (Å²) in [5.74, 6) is -0.0150. The molecule has 0 radical (unpaired) electrons. The number of fused-ring (bicyclic) bond motifs is 1. The van der Waals surface area contributed by atoms with E-state index in [0.29, 0.717) is 0 Å². The molecule has 0 bridgehead atoms. The van der Waals surface area contributed by atoms with Gasteiger partial charge in [-0.1, -0.05) is 30.0 Å². The highest BCUT2D eigenvalue weighted by Crippen LogP contribution is 2.36. The Labute approximate surface area is 156 Å². The van der Waals surface area contributed by atoms with Gasteiger partial charge in [0.15, 0.2) is 0 Å². The molecule has 0 fully saturated rings. The number of aromatic nitrogens is 2. The summed E-state index contributed by atoms with van der Waals surface area (Å²) in [6, 6.07) is 6.01. The Balaban J connectivity index is 1.83. The molecule has 0 spiro atoms. The largest absolute Gasteiger partial charge is 0.325 e. The number of carbonyl (C=O) groups is 1. The lowest BCUT2D eigenvalue weighted by molar-refractivity contribution is -0.115. The number of thiophene rings is 1. The van der Waals surface area contributed by atoms with Crippen LogP contribution >= 0.6 is 23.1 Å². The number of para-hydroxylation sites is 1. The Bertz CT molecular complexity index is 929. The topological polar surface area (TPSA) is 54.9 Å². The van der Waals surface area contributed by atoms with E-state index in [1.807, 2.05) is 39.0 Å². The molecule has 0 aliphatic heterocycles. The van der Waals surface area contributed by atoms with Gasteiger partial charge in [-0.15, -0.1) is 11.3 Å². The van der Waals surface area contributed by atoms with Crippen molar-refractivity contribution < 1.29 is 4.79 Å². The lowest BCUT2D eigenvalue weighted by atomic mass is 10.1. The summed E-state index contributed by atoms with van der Waals surface area (Å²) in [6.07, 6.45) is 1.58. The highest BCUT2D eigenvalue weighted by Gasteiger charge is 2.20. The molecule has 130 valence electrons. The Kier molecular flexibility index (Phi) is 5.11. The molecule has 1 aromatic carbocycles. The van der Waals surface area contributed by atoms with Gasteiger partial charge in [0, 0.05) is 16.0 Å². The SMILES string of the molecule is Cc1cccc(C)c1NC(=O)[C@@H](C)Sc1ncnc2sc(C)c(C)c12. The number of hydrogen-bond acceptors (Lipinski definition) is 5. The van der Waals surface area contributed by atoms with Crippen LogP contribution in [-0.4, -0.2) is 21.1 Å². The quantitative estimate of drug-likeness (QED) is 0.515. The van der Waals surface area contributed by atoms with Crippen molar-refractivity contribution in [2.24, 2.45) is 0 Å².